The highest BCUT2D eigenvalue weighted by Gasteiger charge is 2.26. The number of fused-ring (bicyclic) bond motifs is 1. The first kappa shape index (κ1) is 22.2. The number of rotatable bonds is 7. The van der Waals surface area contributed by atoms with E-state index in [0.29, 0.717) is 10.6 Å². The molecule has 2 aromatic carbocycles. The van der Waals surface area contributed by atoms with Crippen molar-refractivity contribution in [3.63, 3.8) is 0 Å². The van der Waals surface area contributed by atoms with Gasteiger partial charge in [0.25, 0.3) is 5.91 Å². The van der Waals surface area contributed by atoms with Gasteiger partial charge >= 0.3 is 0 Å². The molecule has 1 aliphatic heterocycles. The number of halogens is 1. The van der Waals surface area contributed by atoms with E-state index in [2.05, 4.69) is 30.5 Å². The first-order chi connectivity index (χ1) is 16.6. The first-order valence-corrected chi connectivity index (χ1v) is 11.6. The number of H-pyrrole nitrogens is 1. The topological polar surface area (TPSA) is 106 Å². The number of aromatic amines is 1. The largest absolute Gasteiger partial charge is 0.394 e. The van der Waals surface area contributed by atoms with Crippen molar-refractivity contribution in [3.05, 3.63) is 83.3 Å². The Balaban J connectivity index is 1.24. The zero-order chi connectivity index (χ0) is 23.5. The Morgan fingerprint density at radius 2 is 2.06 bits per heavy atom. The fourth-order valence-corrected chi connectivity index (χ4v) is 4.57. The molecule has 2 atom stereocenters. The lowest BCUT2D eigenvalue weighted by atomic mass is 10.1. The van der Waals surface area contributed by atoms with E-state index in [1.807, 2.05) is 48.7 Å². The second-order valence-corrected chi connectivity index (χ2v) is 8.73. The van der Waals surface area contributed by atoms with Crippen LogP contribution in [0.5, 0.6) is 0 Å². The third-order valence-electron chi connectivity index (χ3n) is 6.10. The van der Waals surface area contributed by atoms with Crippen LogP contribution in [0.3, 0.4) is 0 Å². The maximum absolute atomic E-state index is 12.8. The molecule has 3 heterocycles. The maximum Gasteiger partial charge on any atom is 0.251 e. The van der Waals surface area contributed by atoms with Crippen LogP contribution in [0.1, 0.15) is 28.4 Å². The van der Waals surface area contributed by atoms with Gasteiger partial charge in [0.05, 0.1) is 28.7 Å². The van der Waals surface area contributed by atoms with Crippen molar-refractivity contribution in [3.8, 4) is 0 Å². The molecule has 9 heteroatoms. The SMILES string of the molecule is O=C(N[C@@H](CO)c1ccccc1)c1ccc(N[C@@H]2CCN(c3ncnc4[nH]ccc34)C2)c(Cl)c1. The standard InChI is InChI=1S/C25H25ClN6O2/c26-20-12-17(25(34)31-22(14-33)16-4-2-1-3-5-16)6-7-21(20)30-18-9-11-32(13-18)24-19-8-10-27-23(19)28-15-29-24/h1-8,10,12,15,18,22,30,33H,9,11,13-14H2,(H,31,34)(H,27,28,29)/t18-,22+/m1/s1. The van der Waals surface area contributed by atoms with Gasteiger partial charge in [-0.25, -0.2) is 9.97 Å². The third kappa shape index (κ3) is 4.55. The van der Waals surface area contributed by atoms with Gasteiger partial charge in [-0.05, 0) is 36.2 Å². The molecule has 0 bridgehead atoms. The Morgan fingerprint density at radius 1 is 1.21 bits per heavy atom. The van der Waals surface area contributed by atoms with Crippen LogP contribution in [0, 0.1) is 0 Å². The summed E-state index contributed by atoms with van der Waals surface area (Å²) in [6, 6.07) is 16.3. The number of benzene rings is 2. The summed E-state index contributed by atoms with van der Waals surface area (Å²) in [5.41, 5.74) is 2.89. The van der Waals surface area contributed by atoms with Crippen molar-refractivity contribution in [2.45, 2.75) is 18.5 Å². The molecule has 0 radical (unpaired) electrons. The number of aliphatic hydroxyl groups excluding tert-OH is 1. The smallest absolute Gasteiger partial charge is 0.251 e. The number of hydrogen-bond acceptors (Lipinski definition) is 6. The molecule has 0 aliphatic carbocycles. The normalized spacial score (nSPS) is 16.5. The van der Waals surface area contributed by atoms with Gasteiger partial charge in [0.15, 0.2) is 0 Å². The van der Waals surface area contributed by atoms with E-state index in [-0.39, 0.29) is 18.6 Å². The Hall–Kier alpha value is -3.62. The Labute approximate surface area is 202 Å². The van der Waals surface area contributed by atoms with Crippen molar-refractivity contribution in [1.29, 1.82) is 0 Å². The van der Waals surface area contributed by atoms with Gasteiger partial charge in [0.1, 0.15) is 17.8 Å². The maximum atomic E-state index is 12.8. The Bertz CT molecular complexity index is 1300. The predicted octanol–water partition coefficient (Wildman–Crippen LogP) is 3.77. The van der Waals surface area contributed by atoms with Crippen molar-refractivity contribution in [2.24, 2.45) is 0 Å². The van der Waals surface area contributed by atoms with Crippen LogP contribution in [-0.4, -0.2) is 51.7 Å². The number of carbonyl (C=O) groups excluding carboxylic acids is 1. The van der Waals surface area contributed by atoms with E-state index < -0.39 is 6.04 Å². The summed E-state index contributed by atoms with van der Waals surface area (Å²) in [6.45, 7) is 1.46. The molecule has 2 aromatic heterocycles. The van der Waals surface area contributed by atoms with Gasteiger partial charge in [-0.3, -0.25) is 4.79 Å². The molecule has 4 N–H and O–H groups in total. The minimum atomic E-state index is -0.483. The lowest BCUT2D eigenvalue weighted by Gasteiger charge is -2.20. The molecule has 174 valence electrons. The van der Waals surface area contributed by atoms with Crippen LogP contribution in [0.25, 0.3) is 11.0 Å². The Morgan fingerprint density at radius 3 is 2.85 bits per heavy atom. The van der Waals surface area contributed by atoms with E-state index in [4.69, 9.17) is 11.6 Å². The summed E-state index contributed by atoms with van der Waals surface area (Å²) in [7, 11) is 0. The number of hydrogen-bond donors (Lipinski definition) is 4. The number of amides is 1. The summed E-state index contributed by atoms with van der Waals surface area (Å²) in [5.74, 6) is 0.633. The van der Waals surface area contributed by atoms with E-state index in [9.17, 15) is 9.90 Å². The monoisotopic (exact) mass is 476 g/mol. The second-order valence-electron chi connectivity index (χ2n) is 8.33. The molecule has 34 heavy (non-hydrogen) atoms. The highest BCUT2D eigenvalue weighted by molar-refractivity contribution is 6.33. The lowest BCUT2D eigenvalue weighted by molar-refractivity contribution is 0.0916. The van der Waals surface area contributed by atoms with Crippen LogP contribution < -0.4 is 15.5 Å². The molecule has 0 spiro atoms. The molecular weight excluding hydrogens is 452 g/mol. The quantitative estimate of drug-likeness (QED) is 0.323. The van der Waals surface area contributed by atoms with E-state index in [1.165, 1.54) is 0 Å². The van der Waals surface area contributed by atoms with Crippen molar-refractivity contribution >= 4 is 40.0 Å². The molecule has 1 fully saturated rings. The fraction of sp³-hybridized carbons (Fsp3) is 0.240. The van der Waals surface area contributed by atoms with Crippen molar-refractivity contribution in [2.75, 3.05) is 29.9 Å². The summed E-state index contributed by atoms with van der Waals surface area (Å²) in [6.07, 6.45) is 4.38. The minimum absolute atomic E-state index is 0.192. The van der Waals surface area contributed by atoms with Crippen LogP contribution >= 0.6 is 11.6 Å². The molecule has 1 aliphatic rings. The first-order valence-electron chi connectivity index (χ1n) is 11.2. The number of carbonyl (C=O) groups is 1. The van der Waals surface area contributed by atoms with Crippen LogP contribution in [-0.2, 0) is 0 Å². The molecule has 0 unspecified atom stereocenters. The zero-order valence-corrected chi connectivity index (χ0v) is 19.2. The van der Waals surface area contributed by atoms with Gasteiger partial charge < -0.3 is 25.6 Å². The summed E-state index contributed by atoms with van der Waals surface area (Å²) < 4.78 is 0. The Kier molecular flexibility index (Phi) is 6.33. The van der Waals surface area contributed by atoms with E-state index in [1.54, 1.807) is 18.5 Å². The van der Waals surface area contributed by atoms with E-state index in [0.717, 1.165) is 47.6 Å². The lowest BCUT2D eigenvalue weighted by Crippen LogP contribution is -2.30. The highest BCUT2D eigenvalue weighted by Crippen LogP contribution is 2.29. The third-order valence-corrected chi connectivity index (χ3v) is 6.41. The molecule has 8 nitrogen and oxygen atoms in total. The highest BCUT2D eigenvalue weighted by atomic mass is 35.5. The molecular formula is C25H25ClN6O2. The average molecular weight is 477 g/mol. The minimum Gasteiger partial charge on any atom is -0.394 e. The number of nitrogens with one attached hydrogen (secondary N) is 3. The number of aromatic nitrogens is 3. The number of anilines is 2. The van der Waals surface area contributed by atoms with Crippen LogP contribution in [0.2, 0.25) is 5.02 Å². The van der Waals surface area contributed by atoms with E-state index >= 15 is 0 Å². The summed E-state index contributed by atoms with van der Waals surface area (Å²) >= 11 is 6.53. The summed E-state index contributed by atoms with van der Waals surface area (Å²) in [4.78, 5) is 26.9. The second kappa shape index (κ2) is 9.70. The van der Waals surface area contributed by atoms with Gasteiger partial charge in [-0.15, -0.1) is 0 Å². The van der Waals surface area contributed by atoms with Gasteiger partial charge in [0.2, 0.25) is 0 Å². The molecule has 4 aromatic rings. The van der Waals surface area contributed by atoms with Crippen LogP contribution in [0.15, 0.2) is 67.1 Å². The van der Waals surface area contributed by atoms with Crippen molar-refractivity contribution < 1.29 is 9.90 Å². The summed E-state index contributed by atoms with van der Waals surface area (Å²) in [5, 5.41) is 17.6. The molecule has 5 rings (SSSR count). The van der Waals surface area contributed by atoms with Gasteiger partial charge in [-0.1, -0.05) is 41.9 Å². The molecule has 1 amide bonds. The predicted molar refractivity (Wildman–Crippen MR) is 133 cm³/mol. The zero-order valence-electron chi connectivity index (χ0n) is 18.4. The molecule has 1 saturated heterocycles. The van der Waals surface area contributed by atoms with Gasteiger partial charge in [-0.2, -0.15) is 0 Å². The average Bonchev–Trinajstić information content (AvgIpc) is 3.53. The van der Waals surface area contributed by atoms with Gasteiger partial charge in [0, 0.05) is 30.9 Å². The molecule has 0 saturated carbocycles. The fourth-order valence-electron chi connectivity index (χ4n) is 4.34. The van der Waals surface area contributed by atoms with Crippen molar-refractivity contribution in [1.82, 2.24) is 20.3 Å². The van der Waals surface area contributed by atoms with Crippen LogP contribution in [0.4, 0.5) is 11.5 Å². The number of aliphatic hydroxyl groups is 1. The number of nitrogens with zero attached hydrogens (tertiary/aromatic N) is 3.